The number of ether oxygens (including phenoxy) is 2. The average molecular weight is 431 g/mol. The van der Waals surface area contributed by atoms with Crippen molar-refractivity contribution < 1.29 is 19.1 Å². The standard InChI is InChI=1S/C23H27ClN2O4/c1-15-4-9-20(10-21(15)24)25-22(27)14-29-23(28)19-7-5-18(6-8-19)13-26-11-16(2)30-17(3)12-26/h4-10,16-17H,11-14H2,1-3H3,(H,25,27). The van der Waals surface area contributed by atoms with Gasteiger partial charge < -0.3 is 14.8 Å². The lowest BCUT2D eigenvalue weighted by molar-refractivity contribution is -0.119. The Morgan fingerprint density at radius 3 is 2.43 bits per heavy atom. The van der Waals surface area contributed by atoms with Crippen LogP contribution in [0, 0.1) is 6.92 Å². The van der Waals surface area contributed by atoms with E-state index in [4.69, 9.17) is 21.1 Å². The highest BCUT2D eigenvalue weighted by Gasteiger charge is 2.22. The van der Waals surface area contributed by atoms with Gasteiger partial charge in [-0.15, -0.1) is 0 Å². The Labute approximate surface area is 182 Å². The van der Waals surface area contributed by atoms with E-state index in [1.807, 2.05) is 25.1 Å². The lowest BCUT2D eigenvalue weighted by Gasteiger charge is -2.35. The number of rotatable bonds is 6. The Morgan fingerprint density at radius 2 is 1.80 bits per heavy atom. The Morgan fingerprint density at radius 1 is 1.13 bits per heavy atom. The SMILES string of the molecule is Cc1ccc(NC(=O)COC(=O)c2ccc(CN3CC(C)OC(C)C3)cc2)cc1Cl. The van der Waals surface area contributed by atoms with Gasteiger partial charge in [0.1, 0.15) is 0 Å². The number of hydrogen-bond donors (Lipinski definition) is 1. The summed E-state index contributed by atoms with van der Waals surface area (Å²) in [7, 11) is 0. The predicted octanol–water partition coefficient (Wildman–Crippen LogP) is 4.05. The first-order valence-electron chi connectivity index (χ1n) is 10.00. The fourth-order valence-electron chi connectivity index (χ4n) is 3.50. The maximum Gasteiger partial charge on any atom is 0.338 e. The molecule has 0 saturated carbocycles. The van der Waals surface area contributed by atoms with Gasteiger partial charge in [0.2, 0.25) is 0 Å². The largest absolute Gasteiger partial charge is 0.452 e. The van der Waals surface area contributed by atoms with Crippen LogP contribution in [-0.4, -0.2) is 48.7 Å². The molecule has 160 valence electrons. The Bertz CT molecular complexity index is 891. The van der Waals surface area contributed by atoms with Crippen LogP contribution in [0.2, 0.25) is 5.02 Å². The van der Waals surface area contributed by atoms with Gasteiger partial charge >= 0.3 is 5.97 Å². The Hall–Kier alpha value is -2.41. The maximum atomic E-state index is 12.2. The van der Waals surface area contributed by atoms with Gasteiger partial charge in [0.15, 0.2) is 6.61 Å². The number of aryl methyl sites for hydroxylation is 1. The van der Waals surface area contributed by atoms with Crippen molar-refractivity contribution in [3.8, 4) is 0 Å². The predicted molar refractivity (Wildman–Crippen MR) is 117 cm³/mol. The number of nitrogens with zero attached hydrogens (tertiary/aromatic N) is 1. The molecule has 2 aromatic carbocycles. The molecule has 0 bridgehead atoms. The molecule has 1 amide bonds. The molecule has 3 rings (SSSR count). The summed E-state index contributed by atoms with van der Waals surface area (Å²) in [5, 5.41) is 3.22. The molecule has 0 aliphatic carbocycles. The second-order valence-corrected chi connectivity index (χ2v) is 8.14. The monoisotopic (exact) mass is 430 g/mol. The van der Waals surface area contributed by atoms with Crippen molar-refractivity contribution in [2.75, 3.05) is 25.0 Å². The first-order valence-corrected chi connectivity index (χ1v) is 10.4. The van der Waals surface area contributed by atoms with Crippen LogP contribution in [0.4, 0.5) is 5.69 Å². The minimum Gasteiger partial charge on any atom is -0.452 e. The molecule has 6 nitrogen and oxygen atoms in total. The van der Waals surface area contributed by atoms with Gasteiger partial charge in [0, 0.05) is 30.3 Å². The van der Waals surface area contributed by atoms with Gasteiger partial charge in [-0.3, -0.25) is 9.69 Å². The molecule has 2 aromatic rings. The van der Waals surface area contributed by atoms with Crippen molar-refractivity contribution in [1.29, 1.82) is 0 Å². The Balaban J connectivity index is 1.48. The van der Waals surface area contributed by atoms with Gasteiger partial charge in [-0.2, -0.15) is 0 Å². The molecule has 30 heavy (non-hydrogen) atoms. The lowest BCUT2D eigenvalue weighted by atomic mass is 10.1. The number of nitrogens with one attached hydrogen (secondary N) is 1. The van der Waals surface area contributed by atoms with E-state index < -0.39 is 11.9 Å². The zero-order chi connectivity index (χ0) is 21.7. The minimum atomic E-state index is -0.535. The van der Waals surface area contributed by atoms with Gasteiger partial charge in [-0.1, -0.05) is 29.8 Å². The highest BCUT2D eigenvalue weighted by molar-refractivity contribution is 6.31. The number of esters is 1. The number of carbonyl (C=O) groups excluding carboxylic acids is 2. The molecule has 1 aliphatic rings. The molecule has 2 unspecified atom stereocenters. The molecule has 7 heteroatoms. The molecule has 2 atom stereocenters. The van der Waals surface area contributed by atoms with Crippen LogP contribution in [0.25, 0.3) is 0 Å². The molecule has 0 spiro atoms. The molecule has 0 aromatic heterocycles. The van der Waals surface area contributed by atoms with Crippen LogP contribution in [0.3, 0.4) is 0 Å². The van der Waals surface area contributed by atoms with E-state index in [9.17, 15) is 9.59 Å². The third-order valence-corrected chi connectivity index (χ3v) is 5.29. The number of anilines is 1. The fraction of sp³-hybridized carbons (Fsp3) is 0.391. The normalized spacial score (nSPS) is 19.3. The number of halogens is 1. The van der Waals surface area contributed by atoms with Crippen LogP contribution in [0.15, 0.2) is 42.5 Å². The highest BCUT2D eigenvalue weighted by Crippen LogP contribution is 2.20. The summed E-state index contributed by atoms with van der Waals surface area (Å²) in [5.41, 5.74) is 3.00. The van der Waals surface area contributed by atoms with E-state index in [1.54, 1.807) is 24.3 Å². The van der Waals surface area contributed by atoms with E-state index in [0.29, 0.717) is 16.3 Å². The lowest BCUT2D eigenvalue weighted by Crippen LogP contribution is -2.44. The van der Waals surface area contributed by atoms with E-state index >= 15 is 0 Å². The van der Waals surface area contributed by atoms with Gasteiger partial charge in [-0.25, -0.2) is 4.79 Å². The third kappa shape index (κ3) is 6.29. The number of benzene rings is 2. The highest BCUT2D eigenvalue weighted by atomic mass is 35.5. The minimum absolute atomic E-state index is 0.213. The van der Waals surface area contributed by atoms with Crippen molar-refractivity contribution in [2.24, 2.45) is 0 Å². The van der Waals surface area contributed by atoms with Gasteiger partial charge in [0.25, 0.3) is 5.91 Å². The van der Waals surface area contributed by atoms with Crippen molar-refractivity contribution >= 4 is 29.2 Å². The number of hydrogen-bond acceptors (Lipinski definition) is 5. The molecular weight excluding hydrogens is 404 g/mol. The van der Waals surface area contributed by atoms with Crippen molar-refractivity contribution in [3.05, 3.63) is 64.2 Å². The zero-order valence-electron chi connectivity index (χ0n) is 17.5. The fourth-order valence-corrected chi connectivity index (χ4v) is 3.68. The van der Waals surface area contributed by atoms with Crippen molar-refractivity contribution in [1.82, 2.24) is 4.90 Å². The van der Waals surface area contributed by atoms with Gasteiger partial charge in [0.05, 0.1) is 17.8 Å². The molecule has 1 heterocycles. The first-order chi connectivity index (χ1) is 14.3. The molecule has 1 aliphatic heterocycles. The zero-order valence-corrected chi connectivity index (χ0v) is 18.2. The topological polar surface area (TPSA) is 67.9 Å². The molecular formula is C23H27ClN2O4. The first kappa shape index (κ1) is 22.3. The summed E-state index contributed by atoms with van der Waals surface area (Å²) in [6, 6.07) is 12.5. The average Bonchev–Trinajstić information content (AvgIpc) is 2.69. The summed E-state index contributed by atoms with van der Waals surface area (Å²) in [6.45, 7) is 8.23. The number of carbonyl (C=O) groups is 2. The molecule has 1 fully saturated rings. The molecule has 1 saturated heterocycles. The van der Waals surface area contributed by atoms with Crippen LogP contribution in [0.5, 0.6) is 0 Å². The van der Waals surface area contributed by atoms with E-state index in [1.165, 1.54) is 0 Å². The summed E-state index contributed by atoms with van der Waals surface area (Å²) in [6.07, 6.45) is 0.426. The van der Waals surface area contributed by atoms with Crippen LogP contribution in [-0.2, 0) is 20.8 Å². The Kier molecular flexibility index (Phi) is 7.48. The van der Waals surface area contributed by atoms with E-state index in [-0.39, 0.29) is 18.8 Å². The summed E-state index contributed by atoms with van der Waals surface area (Å²) in [5.74, 6) is -0.956. The van der Waals surface area contributed by atoms with Crippen molar-refractivity contribution in [2.45, 2.75) is 39.5 Å². The smallest absolute Gasteiger partial charge is 0.338 e. The van der Waals surface area contributed by atoms with Gasteiger partial charge in [-0.05, 0) is 56.2 Å². The van der Waals surface area contributed by atoms with Crippen LogP contribution < -0.4 is 5.32 Å². The van der Waals surface area contributed by atoms with E-state index in [0.717, 1.165) is 30.8 Å². The second kappa shape index (κ2) is 10.1. The van der Waals surface area contributed by atoms with E-state index in [2.05, 4.69) is 24.1 Å². The second-order valence-electron chi connectivity index (χ2n) is 7.74. The quantitative estimate of drug-likeness (QED) is 0.700. The summed E-state index contributed by atoms with van der Waals surface area (Å²) >= 11 is 6.05. The molecule has 1 N–H and O–H groups in total. The van der Waals surface area contributed by atoms with Crippen molar-refractivity contribution in [3.63, 3.8) is 0 Å². The summed E-state index contributed by atoms with van der Waals surface area (Å²) in [4.78, 5) is 26.6. The molecule has 0 radical (unpaired) electrons. The number of amides is 1. The summed E-state index contributed by atoms with van der Waals surface area (Å²) < 4.78 is 10.9. The third-order valence-electron chi connectivity index (χ3n) is 4.88. The van der Waals surface area contributed by atoms with Crippen LogP contribution >= 0.6 is 11.6 Å². The maximum absolute atomic E-state index is 12.2. The number of morpholine rings is 1. The van der Waals surface area contributed by atoms with Crippen LogP contribution in [0.1, 0.15) is 35.3 Å².